The summed E-state index contributed by atoms with van der Waals surface area (Å²) in [7, 11) is 0. The van der Waals surface area contributed by atoms with E-state index in [1.54, 1.807) is 0 Å². The smallest absolute Gasteiger partial charge is 0.251 e. The lowest BCUT2D eigenvalue weighted by Gasteiger charge is -2.35. The predicted molar refractivity (Wildman–Crippen MR) is 110 cm³/mol. The molecule has 0 bridgehead atoms. The van der Waals surface area contributed by atoms with Crippen LogP contribution >= 0.6 is 0 Å². The second kappa shape index (κ2) is 10.4. The first kappa shape index (κ1) is 20.6. The first-order valence-electron chi connectivity index (χ1n) is 10.9. The summed E-state index contributed by atoms with van der Waals surface area (Å²) in [4.78, 5) is 19.2. The van der Waals surface area contributed by atoms with Crippen molar-refractivity contribution >= 4 is 5.91 Å². The summed E-state index contributed by atoms with van der Waals surface area (Å²) in [6.07, 6.45) is 1.67. The number of amides is 1. The molecule has 0 saturated carbocycles. The number of carbonyl (C=O) groups is 1. The zero-order valence-corrected chi connectivity index (χ0v) is 17.3. The minimum Gasteiger partial charge on any atom is -0.492 e. The number of piperazine rings is 1. The van der Waals surface area contributed by atoms with Crippen molar-refractivity contribution < 1.29 is 19.0 Å². The van der Waals surface area contributed by atoms with Crippen LogP contribution in [-0.4, -0.2) is 99.0 Å². The molecule has 1 aromatic carbocycles. The van der Waals surface area contributed by atoms with Crippen LogP contribution in [0.3, 0.4) is 0 Å². The van der Waals surface area contributed by atoms with E-state index < -0.39 is 0 Å². The van der Waals surface area contributed by atoms with Gasteiger partial charge < -0.3 is 19.1 Å². The second-order valence-corrected chi connectivity index (χ2v) is 8.05. The zero-order chi connectivity index (χ0) is 19.9. The van der Waals surface area contributed by atoms with Crippen LogP contribution in [0, 0.1) is 0 Å². The molecule has 3 aliphatic heterocycles. The lowest BCUT2D eigenvalue weighted by molar-refractivity contribution is -0.142. The molecule has 1 atom stereocenters. The summed E-state index contributed by atoms with van der Waals surface area (Å²) in [5, 5.41) is 0. The lowest BCUT2D eigenvalue weighted by Crippen LogP contribution is -2.52. The normalized spacial score (nSPS) is 24.0. The van der Waals surface area contributed by atoms with E-state index in [4.69, 9.17) is 14.2 Å². The van der Waals surface area contributed by atoms with Crippen LogP contribution in [0.2, 0.25) is 0 Å². The van der Waals surface area contributed by atoms with E-state index in [0.29, 0.717) is 6.61 Å². The molecular weight excluding hydrogens is 370 g/mol. The molecule has 0 aliphatic carbocycles. The van der Waals surface area contributed by atoms with Gasteiger partial charge in [0.2, 0.25) is 0 Å². The van der Waals surface area contributed by atoms with Crippen molar-refractivity contribution in [2.45, 2.75) is 25.5 Å². The Labute approximate surface area is 173 Å². The Morgan fingerprint density at radius 3 is 2.62 bits per heavy atom. The van der Waals surface area contributed by atoms with Crippen LogP contribution in [0.4, 0.5) is 0 Å². The molecule has 3 saturated heterocycles. The Balaban J connectivity index is 1.16. The van der Waals surface area contributed by atoms with Crippen molar-refractivity contribution in [2.75, 3.05) is 72.2 Å². The fourth-order valence-corrected chi connectivity index (χ4v) is 4.21. The summed E-state index contributed by atoms with van der Waals surface area (Å²) in [6.45, 7) is 10.2. The standard InChI is InChI=1S/C22H33N3O4/c26-22(21-5-2-13-29-21)25-8-6-23(7-9-25)12-16-28-20-4-1-3-19(17-20)18-24-10-14-27-15-11-24/h1,3-4,17,21H,2,5-16,18H2/t21-/m1/s1. The highest BCUT2D eigenvalue weighted by Gasteiger charge is 2.30. The maximum atomic E-state index is 12.4. The largest absolute Gasteiger partial charge is 0.492 e. The minimum atomic E-state index is -0.199. The van der Waals surface area contributed by atoms with Crippen molar-refractivity contribution in [2.24, 2.45) is 0 Å². The van der Waals surface area contributed by atoms with Gasteiger partial charge in [-0.05, 0) is 30.5 Å². The number of rotatable bonds is 7. The van der Waals surface area contributed by atoms with E-state index in [2.05, 4.69) is 28.0 Å². The number of morpholine rings is 1. The summed E-state index contributed by atoms with van der Waals surface area (Å²) in [5.74, 6) is 1.11. The highest BCUT2D eigenvalue weighted by molar-refractivity contribution is 5.81. The molecule has 1 aromatic rings. The highest BCUT2D eigenvalue weighted by Crippen LogP contribution is 2.17. The quantitative estimate of drug-likeness (QED) is 0.683. The lowest BCUT2D eigenvalue weighted by atomic mass is 10.2. The summed E-state index contributed by atoms with van der Waals surface area (Å²) >= 11 is 0. The van der Waals surface area contributed by atoms with Crippen molar-refractivity contribution in [1.29, 1.82) is 0 Å². The van der Waals surface area contributed by atoms with Gasteiger partial charge in [-0.3, -0.25) is 14.6 Å². The topological polar surface area (TPSA) is 54.5 Å². The average Bonchev–Trinajstić information content (AvgIpc) is 3.30. The van der Waals surface area contributed by atoms with Gasteiger partial charge in [0.05, 0.1) is 13.2 Å². The van der Waals surface area contributed by atoms with Crippen molar-refractivity contribution in [3.8, 4) is 5.75 Å². The van der Waals surface area contributed by atoms with E-state index in [-0.39, 0.29) is 12.0 Å². The van der Waals surface area contributed by atoms with Crippen LogP contribution in [-0.2, 0) is 20.8 Å². The fourth-order valence-electron chi connectivity index (χ4n) is 4.21. The van der Waals surface area contributed by atoms with E-state index in [1.165, 1.54) is 5.56 Å². The third kappa shape index (κ3) is 5.92. The van der Waals surface area contributed by atoms with Gasteiger partial charge in [0.25, 0.3) is 5.91 Å². The molecule has 29 heavy (non-hydrogen) atoms. The summed E-state index contributed by atoms with van der Waals surface area (Å²) in [5.41, 5.74) is 1.28. The molecule has 160 valence electrons. The van der Waals surface area contributed by atoms with Gasteiger partial charge in [-0.15, -0.1) is 0 Å². The highest BCUT2D eigenvalue weighted by atomic mass is 16.5. The number of nitrogens with zero attached hydrogens (tertiary/aromatic N) is 3. The molecular formula is C22H33N3O4. The van der Waals surface area contributed by atoms with E-state index in [1.807, 2.05) is 11.0 Å². The third-order valence-electron chi connectivity index (χ3n) is 5.97. The van der Waals surface area contributed by atoms with Gasteiger partial charge in [-0.1, -0.05) is 12.1 Å². The van der Waals surface area contributed by atoms with E-state index >= 15 is 0 Å². The van der Waals surface area contributed by atoms with Gasteiger partial charge in [-0.2, -0.15) is 0 Å². The SMILES string of the molecule is O=C([C@H]1CCCO1)N1CCN(CCOc2cccc(CN3CCOCC3)c2)CC1. The third-order valence-corrected chi connectivity index (χ3v) is 5.97. The molecule has 7 heteroatoms. The first-order valence-corrected chi connectivity index (χ1v) is 10.9. The first-order chi connectivity index (χ1) is 14.3. The molecule has 0 N–H and O–H groups in total. The molecule has 4 rings (SSSR count). The Bertz CT molecular complexity index is 651. The summed E-state index contributed by atoms with van der Waals surface area (Å²) in [6, 6.07) is 8.40. The number of hydrogen-bond donors (Lipinski definition) is 0. The van der Waals surface area contributed by atoms with Crippen LogP contribution in [0.15, 0.2) is 24.3 Å². The average molecular weight is 404 g/mol. The minimum absolute atomic E-state index is 0.176. The number of carbonyl (C=O) groups excluding carboxylic acids is 1. The van der Waals surface area contributed by atoms with Crippen molar-refractivity contribution in [3.63, 3.8) is 0 Å². The second-order valence-electron chi connectivity index (χ2n) is 8.05. The van der Waals surface area contributed by atoms with Crippen molar-refractivity contribution in [1.82, 2.24) is 14.7 Å². The van der Waals surface area contributed by atoms with Gasteiger partial charge in [0.1, 0.15) is 18.5 Å². The van der Waals surface area contributed by atoms with Gasteiger partial charge in [0, 0.05) is 59.0 Å². The Hall–Kier alpha value is -1.67. The zero-order valence-electron chi connectivity index (χ0n) is 17.3. The van der Waals surface area contributed by atoms with Crippen LogP contribution in [0.5, 0.6) is 5.75 Å². The maximum absolute atomic E-state index is 12.4. The number of benzene rings is 1. The molecule has 3 aliphatic rings. The van der Waals surface area contributed by atoms with Gasteiger partial charge in [-0.25, -0.2) is 0 Å². The Kier molecular flexibility index (Phi) is 7.38. The molecule has 0 spiro atoms. The van der Waals surface area contributed by atoms with Crippen LogP contribution in [0.25, 0.3) is 0 Å². The maximum Gasteiger partial charge on any atom is 0.251 e. The summed E-state index contributed by atoms with van der Waals surface area (Å²) < 4.78 is 17.0. The molecule has 0 unspecified atom stereocenters. The molecule has 1 amide bonds. The van der Waals surface area contributed by atoms with E-state index in [9.17, 15) is 4.79 Å². The fraction of sp³-hybridized carbons (Fsp3) is 0.682. The van der Waals surface area contributed by atoms with Gasteiger partial charge >= 0.3 is 0 Å². The predicted octanol–water partition coefficient (Wildman–Crippen LogP) is 1.22. The number of ether oxygens (including phenoxy) is 3. The Morgan fingerprint density at radius 2 is 1.86 bits per heavy atom. The van der Waals surface area contributed by atoms with Crippen LogP contribution in [0.1, 0.15) is 18.4 Å². The molecule has 0 radical (unpaired) electrons. The molecule has 7 nitrogen and oxygen atoms in total. The molecule has 3 heterocycles. The Morgan fingerprint density at radius 1 is 1.03 bits per heavy atom. The molecule has 0 aromatic heterocycles. The van der Waals surface area contributed by atoms with E-state index in [0.717, 1.165) is 90.8 Å². The molecule has 3 fully saturated rings. The van der Waals surface area contributed by atoms with Gasteiger partial charge in [0.15, 0.2) is 0 Å². The number of hydrogen-bond acceptors (Lipinski definition) is 6. The van der Waals surface area contributed by atoms with Crippen molar-refractivity contribution in [3.05, 3.63) is 29.8 Å². The van der Waals surface area contributed by atoms with Crippen LogP contribution < -0.4 is 4.74 Å². The monoisotopic (exact) mass is 403 g/mol.